The van der Waals surface area contributed by atoms with Crippen LogP contribution in [0, 0.1) is 5.92 Å². The number of amides is 1. The average Bonchev–Trinajstić information content (AvgIpc) is 2.57. The minimum Gasteiger partial charge on any atom is -0.338 e. The van der Waals surface area contributed by atoms with E-state index in [9.17, 15) is 4.79 Å². The fraction of sp³-hybridized carbons (Fsp3) is 0.500. The van der Waals surface area contributed by atoms with Gasteiger partial charge in [-0.05, 0) is 24.5 Å². The standard InChI is InChI=1S/C12H16N2O/c1-3-9-7-11(14(2)12(9)15)10-5-4-6-13-8-10/h4-6,8-9,11H,3,7H2,1-2H3. The summed E-state index contributed by atoms with van der Waals surface area (Å²) in [6.07, 6.45) is 5.47. The van der Waals surface area contributed by atoms with Crippen molar-refractivity contribution in [2.45, 2.75) is 25.8 Å². The summed E-state index contributed by atoms with van der Waals surface area (Å²) in [5, 5.41) is 0. The summed E-state index contributed by atoms with van der Waals surface area (Å²) in [7, 11) is 1.88. The molecular weight excluding hydrogens is 188 g/mol. The third-order valence-electron chi connectivity index (χ3n) is 3.23. The lowest BCUT2D eigenvalue weighted by atomic mass is 9.99. The highest BCUT2D eigenvalue weighted by molar-refractivity contribution is 5.81. The maximum atomic E-state index is 11.8. The van der Waals surface area contributed by atoms with Gasteiger partial charge in [-0.15, -0.1) is 0 Å². The highest BCUT2D eigenvalue weighted by Crippen LogP contribution is 2.35. The van der Waals surface area contributed by atoms with E-state index >= 15 is 0 Å². The Morgan fingerprint density at radius 1 is 1.60 bits per heavy atom. The zero-order valence-corrected chi connectivity index (χ0v) is 9.18. The number of hydrogen-bond donors (Lipinski definition) is 0. The van der Waals surface area contributed by atoms with Crippen LogP contribution in [-0.4, -0.2) is 22.8 Å². The van der Waals surface area contributed by atoms with Crippen LogP contribution in [0.5, 0.6) is 0 Å². The smallest absolute Gasteiger partial charge is 0.226 e. The minimum absolute atomic E-state index is 0.195. The molecule has 80 valence electrons. The van der Waals surface area contributed by atoms with Crippen molar-refractivity contribution in [1.29, 1.82) is 0 Å². The zero-order valence-electron chi connectivity index (χ0n) is 9.18. The van der Waals surface area contributed by atoms with Gasteiger partial charge >= 0.3 is 0 Å². The van der Waals surface area contributed by atoms with E-state index < -0.39 is 0 Å². The van der Waals surface area contributed by atoms with Gasteiger partial charge in [-0.25, -0.2) is 0 Å². The number of carbonyl (C=O) groups excluding carboxylic acids is 1. The van der Waals surface area contributed by atoms with Crippen molar-refractivity contribution >= 4 is 5.91 Å². The monoisotopic (exact) mass is 204 g/mol. The normalized spacial score (nSPS) is 26.0. The van der Waals surface area contributed by atoms with Gasteiger partial charge in [-0.3, -0.25) is 9.78 Å². The van der Waals surface area contributed by atoms with Gasteiger partial charge in [0, 0.05) is 25.4 Å². The van der Waals surface area contributed by atoms with Crippen LogP contribution in [0.3, 0.4) is 0 Å². The molecular formula is C12H16N2O. The predicted molar refractivity (Wildman–Crippen MR) is 58.1 cm³/mol. The zero-order chi connectivity index (χ0) is 10.8. The van der Waals surface area contributed by atoms with Crippen molar-refractivity contribution in [2.75, 3.05) is 7.05 Å². The molecule has 1 amide bonds. The van der Waals surface area contributed by atoms with Crippen LogP contribution < -0.4 is 0 Å². The van der Waals surface area contributed by atoms with Crippen LogP contribution in [0.4, 0.5) is 0 Å². The van der Waals surface area contributed by atoms with E-state index in [-0.39, 0.29) is 17.9 Å². The molecule has 0 aromatic carbocycles. The molecule has 0 N–H and O–H groups in total. The first-order valence-electron chi connectivity index (χ1n) is 5.40. The third kappa shape index (κ3) is 1.74. The summed E-state index contributed by atoms with van der Waals surface area (Å²) in [5.41, 5.74) is 1.14. The molecule has 3 heteroatoms. The molecule has 1 aliphatic rings. The van der Waals surface area contributed by atoms with Crippen LogP contribution in [0.2, 0.25) is 0 Å². The second-order valence-corrected chi connectivity index (χ2v) is 4.09. The topological polar surface area (TPSA) is 33.2 Å². The quantitative estimate of drug-likeness (QED) is 0.738. The Bertz CT molecular complexity index is 350. The highest BCUT2D eigenvalue weighted by Gasteiger charge is 2.36. The molecule has 0 spiro atoms. The molecule has 1 fully saturated rings. The fourth-order valence-electron chi connectivity index (χ4n) is 2.24. The largest absolute Gasteiger partial charge is 0.338 e. The first-order valence-corrected chi connectivity index (χ1v) is 5.40. The van der Waals surface area contributed by atoms with Gasteiger partial charge in [-0.2, -0.15) is 0 Å². The molecule has 15 heavy (non-hydrogen) atoms. The molecule has 1 saturated heterocycles. The van der Waals surface area contributed by atoms with Crippen LogP contribution >= 0.6 is 0 Å². The van der Waals surface area contributed by atoms with Gasteiger partial charge in [0.1, 0.15) is 0 Å². The minimum atomic E-state index is 0.195. The SMILES string of the molecule is CCC1CC(c2cccnc2)N(C)C1=O. The van der Waals surface area contributed by atoms with Gasteiger partial charge < -0.3 is 4.90 Å². The number of carbonyl (C=O) groups is 1. The predicted octanol–water partition coefficient (Wildman–Crippen LogP) is 2.01. The maximum absolute atomic E-state index is 11.8. The molecule has 1 aliphatic heterocycles. The summed E-state index contributed by atoms with van der Waals surface area (Å²) in [5.74, 6) is 0.464. The second-order valence-electron chi connectivity index (χ2n) is 4.09. The van der Waals surface area contributed by atoms with Crippen molar-refractivity contribution in [2.24, 2.45) is 5.92 Å². The first-order chi connectivity index (χ1) is 7.24. The van der Waals surface area contributed by atoms with Crippen LogP contribution in [0.1, 0.15) is 31.4 Å². The van der Waals surface area contributed by atoms with Crippen molar-refractivity contribution in [3.63, 3.8) is 0 Å². The Labute approximate surface area is 90.1 Å². The summed E-state index contributed by atoms with van der Waals surface area (Å²) < 4.78 is 0. The van der Waals surface area contributed by atoms with E-state index in [2.05, 4.69) is 11.9 Å². The van der Waals surface area contributed by atoms with Crippen molar-refractivity contribution in [3.8, 4) is 0 Å². The van der Waals surface area contributed by atoms with E-state index in [0.717, 1.165) is 18.4 Å². The van der Waals surface area contributed by atoms with Gasteiger partial charge in [0.15, 0.2) is 0 Å². The van der Waals surface area contributed by atoms with Crippen LogP contribution in [0.15, 0.2) is 24.5 Å². The lowest BCUT2D eigenvalue weighted by molar-refractivity contribution is -0.130. The van der Waals surface area contributed by atoms with Crippen molar-refractivity contribution in [3.05, 3.63) is 30.1 Å². The first kappa shape index (κ1) is 10.1. The molecule has 1 aromatic rings. The van der Waals surface area contributed by atoms with Gasteiger partial charge in [-0.1, -0.05) is 13.0 Å². The lowest BCUT2D eigenvalue weighted by Crippen LogP contribution is -2.24. The summed E-state index contributed by atoms with van der Waals surface area (Å²) in [4.78, 5) is 17.8. The Balaban J connectivity index is 2.22. The molecule has 0 saturated carbocycles. The van der Waals surface area contributed by atoms with Gasteiger partial charge in [0.05, 0.1) is 6.04 Å². The molecule has 1 aromatic heterocycles. The average molecular weight is 204 g/mol. The van der Waals surface area contributed by atoms with Crippen LogP contribution in [0.25, 0.3) is 0 Å². The summed E-state index contributed by atoms with van der Waals surface area (Å²) in [6, 6.07) is 4.18. The van der Waals surface area contributed by atoms with E-state index in [0.29, 0.717) is 0 Å². The Hall–Kier alpha value is -1.38. The number of pyridine rings is 1. The number of hydrogen-bond acceptors (Lipinski definition) is 2. The Kier molecular flexibility index (Phi) is 2.71. The van der Waals surface area contributed by atoms with E-state index in [4.69, 9.17) is 0 Å². The van der Waals surface area contributed by atoms with E-state index in [1.54, 1.807) is 6.20 Å². The molecule has 0 bridgehead atoms. The van der Waals surface area contributed by atoms with E-state index in [1.807, 2.05) is 30.3 Å². The lowest BCUT2D eigenvalue weighted by Gasteiger charge is -2.19. The Morgan fingerprint density at radius 3 is 2.93 bits per heavy atom. The Morgan fingerprint density at radius 2 is 2.40 bits per heavy atom. The molecule has 0 radical (unpaired) electrons. The molecule has 0 aliphatic carbocycles. The van der Waals surface area contributed by atoms with Crippen molar-refractivity contribution in [1.82, 2.24) is 9.88 Å². The summed E-state index contributed by atoms with van der Waals surface area (Å²) >= 11 is 0. The third-order valence-corrected chi connectivity index (χ3v) is 3.23. The molecule has 3 nitrogen and oxygen atoms in total. The van der Waals surface area contributed by atoms with Crippen LogP contribution in [-0.2, 0) is 4.79 Å². The molecule has 2 heterocycles. The number of likely N-dealkylation sites (tertiary alicyclic amines) is 1. The number of aromatic nitrogens is 1. The maximum Gasteiger partial charge on any atom is 0.226 e. The fourth-order valence-corrected chi connectivity index (χ4v) is 2.24. The number of nitrogens with zero attached hydrogens (tertiary/aromatic N) is 2. The molecule has 2 unspecified atom stereocenters. The van der Waals surface area contributed by atoms with Gasteiger partial charge in [0.2, 0.25) is 5.91 Å². The highest BCUT2D eigenvalue weighted by atomic mass is 16.2. The number of rotatable bonds is 2. The van der Waals surface area contributed by atoms with Crippen molar-refractivity contribution < 1.29 is 4.79 Å². The molecule has 2 rings (SSSR count). The van der Waals surface area contributed by atoms with E-state index in [1.165, 1.54) is 0 Å². The van der Waals surface area contributed by atoms with Gasteiger partial charge in [0.25, 0.3) is 0 Å². The second kappa shape index (κ2) is 4.01. The summed E-state index contributed by atoms with van der Waals surface area (Å²) in [6.45, 7) is 2.07. The molecule has 2 atom stereocenters.